The summed E-state index contributed by atoms with van der Waals surface area (Å²) in [5.41, 5.74) is 1.85. The number of fused-ring (bicyclic) bond motifs is 1. The first-order chi connectivity index (χ1) is 13.1. The van der Waals surface area contributed by atoms with Gasteiger partial charge in [-0.25, -0.2) is 4.79 Å². The number of ether oxygens (including phenoxy) is 1. The van der Waals surface area contributed by atoms with E-state index in [1.54, 1.807) is 43.3 Å². The van der Waals surface area contributed by atoms with Crippen LogP contribution in [-0.4, -0.2) is 32.5 Å². The molecule has 136 valence electrons. The van der Waals surface area contributed by atoms with Crippen LogP contribution >= 0.6 is 11.8 Å². The van der Waals surface area contributed by atoms with Gasteiger partial charge in [0.05, 0.1) is 11.3 Å². The number of nitrogens with zero attached hydrogens (tertiary/aromatic N) is 2. The van der Waals surface area contributed by atoms with E-state index in [1.165, 1.54) is 11.8 Å². The highest BCUT2D eigenvalue weighted by atomic mass is 32.2. The maximum absolute atomic E-state index is 12.5. The Balaban J connectivity index is 1.76. The van der Waals surface area contributed by atoms with Crippen molar-refractivity contribution in [3.05, 3.63) is 64.7 Å². The number of thioether (sulfide) groups is 1. The highest BCUT2D eigenvalue weighted by Crippen LogP contribution is 2.46. The van der Waals surface area contributed by atoms with Gasteiger partial charge in [-0.2, -0.15) is 5.26 Å². The van der Waals surface area contributed by atoms with E-state index in [9.17, 15) is 14.9 Å². The summed E-state index contributed by atoms with van der Waals surface area (Å²) in [6, 6.07) is 16.5. The first kappa shape index (κ1) is 18.5. The molecule has 1 aliphatic heterocycles. The SMILES string of the molecule is CNc1ccccc1C(=O)OCC(=O)C(C#N)=C1Sc2ccccc2N1C. The van der Waals surface area contributed by atoms with Crippen molar-refractivity contribution >= 4 is 34.9 Å². The molecule has 0 aliphatic carbocycles. The minimum absolute atomic E-state index is 0.0200. The van der Waals surface area contributed by atoms with Crippen LogP contribution in [0.25, 0.3) is 0 Å². The number of nitriles is 1. The molecule has 0 atom stereocenters. The molecule has 1 heterocycles. The molecule has 3 rings (SSSR count). The topological polar surface area (TPSA) is 82.4 Å². The first-order valence-corrected chi connectivity index (χ1v) is 9.00. The Kier molecular flexibility index (Phi) is 5.48. The third-order valence-corrected chi connectivity index (χ3v) is 5.33. The number of para-hydroxylation sites is 2. The van der Waals surface area contributed by atoms with Crippen molar-refractivity contribution in [3.63, 3.8) is 0 Å². The van der Waals surface area contributed by atoms with Gasteiger partial charge in [-0.1, -0.05) is 36.0 Å². The number of hydrogen-bond donors (Lipinski definition) is 1. The fraction of sp³-hybridized carbons (Fsp3) is 0.150. The zero-order valence-corrected chi connectivity index (χ0v) is 15.7. The predicted molar refractivity (Wildman–Crippen MR) is 105 cm³/mol. The number of rotatable bonds is 5. The summed E-state index contributed by atoms with van der Waals surface area (Å²) in [5, 5.41) is 12.9. The van der Waals surface area contributed by atoms with Gasteiger partial charge in [-0.05, 0) is 24.3 Å². The van der Waals surface area contributed by atoms with Gasteiger partial charge in [0.1, 0.15) is 16.7 Å². The summed E-state index contributed by atoms with van der Waals surface area (Å²) >= 11 is 1.35. The summed E-state index contributed by atoms with van der Waals surface area (Å²) in [7, 11) is 3.49. The fourth-order valence-electron chi connectivity index (χ4n) is 2.71. The van der Waals surface area contributed by atoms with Gasteiger partial charge in [0.15, 0.2) is 6.61 Å². The van der Waals surface area contributed by atoms with Gasteiger partial charge < -0.3 is 15.0 Å². The zero-order valence-electron chi connectivity index (χ0n) is 14.9. The van der Waals surface area contributed by atoms with Crippen molar-refractivity contribution in [2.45, 2.75) is 4.90 Å². The van der Waals surface area contributed by atoms with E-state index < -0.39 is 18.4 Å². The van der Waals surface area contributed by atoms with Gasteiger partial charge in [0, 0.05) is 24.7 Å². The molecule has 0 unspecified atom stereocenters. The van der Waals surface area contributed by atoms with Gasteiger partial charge in [0.2, 0.25) is 5.78 Å². The molecular formula is C20H17N3O3S. The normalized spacial score (nSPS) is 14.2. The molecule has 0 spiro atoms. The molecule has 1 N–H and O–H groups in total. The van der Waals surface area contributed by atoms with Crippen LogP contribution < -0.4 is 10.2 Å². The highest BCUT2D eigenvalue weighted by molar-refractivity contribution is 8.03. The Hall–Kier alpha value is -3.24. The van der Waals surface area contributed by atoms with Crippen LogP contribution in [0.2, 0.25) is 0 Å². The molecule has 0 saturated heterocycles. The Bertz CT molecular complexity index is 978. The second kappa shape index (κ2) is 7.98. The highest BCUT2D eigenvalue weighted by Gasteiger charge is 2.28. The Morgan fingerprint density at radius 2 is 1.89 bits per heavy atom. The van der Waals surface area contributed by atoms with Crippen LogP contribution in [0.15, 0.2) is 64.0 Å². The van der Waals surface area contributed by atoms with Gasteiger partial charge in [0.25, 0.3) is 0 Å². The van der Waals surface area contributed by atoms with Crippen LogP contribution in [0, 0.1) is 11.3 Å². The summed E-state index contributed by atoms with van der Waals surface area (Å²) in [5.74, 6) is -1.15. The van der Waals surface area contributed by atoms with E-state index >= 15 is 0 Å². The van der Waals surface area contributed by atoms with Gasteiger partial charge >= 0.3 is 5.97 Å². The molecule has 0 saturated carbocycles. The largest absolute Gasteiger partial charge is 0.454 e. The van der Waals surface area contributed by atoms with E-state index in [0.717, 1.165) is 10.6 Å². The molecule has 0 bridgehead atoms. The van der Waals surface area contributed by atoms with Crippen LogP contribution in [0.3, 0.4) is 0 Å². The van der Waals surface area contributed by atoms with Gasteiger partial charge in [-0.3, -0.25) is 4.79 Å². The third kappa shape index (κ3) is 3.66. The molecule has 0 aromatic heterocycles. The molecular weight excluding hydrogens is 362 g/mol. The minimum Gasteiger partial charge on any atom is -0.454 e. The van der Waals surface area contributed by atoms with Crippen LogP contribution in [0.5, 0.6) is 0 Å². The second-order valence-electron chi connectivity index (χ2n) is 5.72. The van der Waals surface area contributed by atoms with Crippen molar-refractivity contribution in [2.24, 2.45) is 0 Å². The molecule has 1 aliphatic rings. The summed E-state index contributed by atoms with van der Waals surface area (Å²) < 4.78 is 5.15. The Morgan fingerprint density at radius 1 is 1.19 bits per heavy atom. The minimum atomic E-state index is -0.619. The summed E-state index contributed by atoms with van der Waals surface area (Å²) in [6.45, 7) is -0.492. The number of carbonyl (C=O) groups is 2. The standard InChI is InChI=1S/C20H17N3O3S/c1-22-15-8-4-3-7-13(15)20(25)26-12-17(24)14(11-21)19-23(2)16-9-5-6-10-18(16)27-19/h3-10,22H,12H2,1-2H3. The molecule has 0 radical (unpaired) electrons. The molecule has 0 amide bonds. The van der Waals surface area contributed by atoms with Crippen molar-refractivity contribution in [1.29, 1.82) is 5.26 Å². The maximum atomic E-state index is 12.5. The van der Waals surface area contributed by atoms with E-state index in [0.29, 0.717) is 16.3 Å². The van der Waals surface area contributed by atoms with Crippen molar-refractivity contribution in [3.8, 4) is 6.07 Å². The van der Waals surface area contributed by atoms with E-state index in [-0.39, 0.29) is 5.57 Å². The first-order valence-electron chi connectivity index (χ1n) is 8.19. The monoisotopic (exact) mass is 379 g/mol. The molecule has 6 nitrogen and oxygen atoms in total. The number of esters is 1. The van der Waals surface area contributed by atoms with Gasteiger partial charge in [-0.15, -0.1) is 0 Å². The molecule has 27 heavy (non-hydrogen) atoms. The number of hydrogen-bond acceptors (Lipinski definition) is 7. The van der Waals surface area contributed by atoms with Crippen molar-refractivity contribution < 1.29 is 14.3 Å². The Labute approximate surface area is 161 Å². The average Bonchev–Trinajstić information content (AvgIpc) is 3.03. The van der Waals surface area contributed by atoms with Crippen LogP contribution in [0.1, 0.15) is 10.4 Å². The predicted octanol–water partition coefficient (Wildman–Crippen LogP) is 3.43. The third-order valence-electron chi connectivity index (χ3n) is 4.09. The molecule has 2 aromatic carbocycles. The van der Waals surface area contributed by atoms with E-state index in [2.05, 4.69) is 5.32 Å². The lowest BCUT2D eigenvalue weighted by molar-refractivity contribution is -0.118. The lowest BCUT2D eigenvalue weighted by Crippen LogP contribution is -2.20. The lowest BCUT2D eigenvalue weighted by atomic mass is 10.1. The smallest absolute Gasteiger partial charge is 0.340 e. The van der Waals surface area contributed by atoms with Crippen LogP contribution in [0.4, 0.5) is 11.4 Å². The maximum Gasteiger partial charge on any atom is 0.340 e. The molecule has 7 heteroatoms. The number of anilines is 2. The lowest BCUT2D eigenvalue weighted by Gasteiger charge is -2.15. The number of carbonyl (C=O) groups excluding carboxylic acids is 2. The Morgan fingerprint density at radius 3 is 2.59 bits per heavy atom. The molecule has 2 aromatic rings. The number of ketones is 1. The second-order valence-corrected chi connectivity index (χ2v) is 6.75. The summed E-state index contributed by atoms with van der Waals surface area (Å²) in [6.07, 6.45) is 0. The van der Waals surface area contributed by atoms with Crippen molar-refractivity contribution in [2.75, 3.05) is 30.9 Å². The van der Waals surface area contributed by atoms with E-state index in [1.807, 2.05) is 30.3 Å². The number of benzene rings is 2. The van der Waals surface area contributed by atoms with E-state index in [4.69, 9.17) is 4.74 Å². The quantitative estimate of drug-likeness (QED) is 0.484. The molecule has 0 fully saturated rings. The number of Topliss-reactive ketones (excluding diaryl/α,β-unsaturated/α-hetero) is 1. The van der Waals surface area contributed by atoms with Crippen LogP contribution in [-0.2, 0) is 9.53 Å². The number of nitrogens with one attached hydrogen (secondary N) is 1. The zero-order chi connectivity index (χ0) is 19.4. The van der Waals surface area contributed by atoms with Crippen molar-refractivity contribution in [1.82, 2.24) is 0 Å². The summed E-state index contributed by atoms with van der Waals surface area (Å²) in [4.78, 5) is 27.6. The fourth-order valence-corrected chi connectivity index (χ4v) is 3.87. The average molecular weight is 379 g/mol.